The van der Waals surface area contributed by atoms with Gasteiger partial charge in [0.2, 0.25) is 0 Å². The summed E-state index contributed by atoms with van der Waals surface area (Å²) in [5.74, 6) is -0.0584. The fourth-order valence-corrected chi connectivity index (χ4v) is 2.47. The first-order chi connectivity index (χ1) is 6.07. The Hall–Kier alpha value is 0.680. The van der Waals surface area contributed by atoms with Gasteiger partial charge in [-0.2, -0.15) is 0 Å². The third-order valence-electron chi connectivity index (χ3n) is 1.44. The summed E-state index contributed by atoms with van der Waals surface area (Å²) >= 11 is 16.8. The van der Waals surface area contributed by atoms with E-state index in [4.69, 9.17) is 23.2 Å². The molecule has 1 rings (SSSR count). The molecular formula is C8H4BrCl2IO. The normalized spacial score (nSPS) is 10.2. The van der Waals surface area contributed by atoms with Crippen LogP contribution < -0.4 is 0 Å². The van der Waals surface area contributed by atoms with Crippen LogP contribution in [0.25, 0.3) is 0 Å². The number of Topliss-reactive ketones (excluding diaryl/α,β-unsaturated/α-hetero) is 1. The number of rotatable bonds is 2. The van der Waals surface area contributed by atoms with Crippen molar-refractivity contribution in [2.45, 2.75) is 0 Å². The third-order valence-corrected chi connectivity index (χ3v) is 3.66. The van der Waals surface area contributed by atoms with Crippen molar-refractivity contribution < 1.29 is 4.79 Å². The Morgan fingerprint density at radius 1 is 1.46 bits per heavy atom. The molecule has 0 fully saturated rings. The monoisotopic (exact) mass is 392 g/mol. The van der Waals surface area contributed by atoms with Crippen molar-refractivity contribution in [1.82, 2.24) is 0 Å². The molecule has 0 radical (unpaired) electrons. The highest BCUT2D eigenvalue weighted by Gasteiger charge is 2.15. The van der Waals surface area contributed by atoms with Gasteiger partial charge in [0.15, 0.2) is 5.78 Å². The average molecular weight is 394 g/mol. The number of hydrogen-bond donors (Lipinski definition) is 0. The van der Waals surface area contributed by atoms with Gasteiger partial charge < -0.3 is 0 Å². The number of hydrogen-bond acceptors (Lipinski definition) is 1. The minimum absolute atomic E-state index is 0.0584. The van der Waals surface area contributed by atoms with E-state index in [1.165, 1.54) is 0 Å². The zero-order chi connectivity index (χ0) is 10.0. The summed E-state index contributed by atoms with van der Waals surface area (Å²) in [7, 11) is 0. The van der Waals surface area contributed by atoms with Gasteiger partial charge in [0.05, 0.1) is 20.9 Å². The lowest BCUT2D eigenvalue weighted by Crippen LogP contribution is -2.03. The lowest BCUT2D eigenvalue weighted by Gasteiger charge is -2.05. The summed E-state index contributed by atoms with van der Waals surface area (Å²) in [4.78, 5) is 11.4. The number of carbonyl (C=O) groups excluding carboxylic acids is 1. The van der Waals surface area contributed by atoms with Crippen molar-refractivity contribution in [2.24, 2.45) is 0 Å². The first-order valence-electron chi connectivity index (χ1n) is 3.30. The van der Waals surface area contributed by atoms with Crippen LogP contribution in [0.5, 0.6) is 0 Å². The predicted molar refractivity (Wildman–Crippen MR) is 67.3 cm³/mol. The van der Waals surface area contributed by atoms with E-state index in [9.17, 15) is 4.79 Å². The molecular weight excluding hydrogens is 390 g/mol. The topological polar surface area (TPSA) is 17.1 Å². The smallest absolute Gasteiger partial charge is 0.175 e. The second-order valence-corrected chi connectivity index (χ2v) is 4.78. The Morgan fingerprint density at radius 3 is 2.62 bits per heavy atom. The maximum absolute atomic E-state index is 11.4. The van der Waals surface area contributed by atoms with Crippen LogP contribution in [-0.4, -0.2) is 11.1 Å². The number of carbonyl (C=O) groups is 1. The predicted octanol–water partition coefficient (Wildman–Crippen LogP) is 4.18. The molecule has 0 amide bonds. The summed E-state index contributed by atoms with van der Waals surface area (Å²) in [5, 5.41) is 0.993. The first kappa shape index (κ1) is 11.8. The van der Waals surface area contributed by atoms with Crippen molar-refractivity contribution in [3.63, 3.8) is 0 Å². The molecule has 0 saturated carbocycles. The van der Waals surface area contributed by atoms with Crippen LogP contribution in [0.3, 0.4) is 0 Å². The standard InChI is InChI=1S/C8H4BrCl2IO/c9-3-6(13)7-5(12)2-1-4(10)8(7)11/h1-2H,3H2. The van der Waals surface area contributed by atoms with Crippen LogP contribution in [0.4, 0.5) is 0 Å². The van der Waals surface area contributed by atoms with Gasteiger partial charge in [-0.1, -0.05) is 39.1 Å². The summed E-state index contributed by atoms with van der Waals surface area (Å²) in [6, 6.07) is 3.45. The Labute approximate surface area is 108 Å². The Kier molecular flexibility index (Phi) is 4.48. The molecule has 0 aromatic heterocycles. The molecule has 1 nitrogen and oxygen atoms in total. The van der Waals surface area contributed by atoms with E-state index in [1.807, 2.05) is 0 Å². The number of alkyl halides is 1. The molecule has 0 unspecified atom stereocenters. The zero-order valence-electron chi connectivity index (χ0n) is 6.28. The molecule has 0 bridgehead atoms. The second kappa shape index (κ2) is 4.96. The van der Waals surface area contributed by atoms with E-state index in [0.29, 0.717) is 15.6 Å². The average Bonchev–Trinajstić information content (AvgIpc) is 2.12. The highest BCUT2D eigenvalue weighted by molar-refractivity contribution is 14.1. The van der Waals surface area contributed by atoms with Gasteiger partial charge >= 0.3 is 0 Å². The summed E-state index contributed by atoms with van der Waals surface area (Å²) in [5.41, 5.74) is 0.492. The van der Waals surface area contributed by atoms with E-state index in [2.05, 4.69) is 38.5 Å². The Balaban J connectivity index is 3.33. The van der Waals surface area contributed by atoms with Gasteiger partial charge in [-0.25, -0.2) is 0 Å². The first-order valence-corrected chi connectivity index (χ1v) is 6.26. The molecule has 0 saturated heterocycles. The van der Waals surface area contributed by atoms with Gasteiger partial charge in [-0.05, 0) is 34.7 Å². The van der Waals surface area contributed by atoms with Crippen LogP contribution >= 0.6 is 61.7 Å². The zero-order valence-corrected chi connectivity index (χ0v) is 11.5. The fourth-order valence-electron chi connectivity index (χ4n) is 0.849. The molecule has 13 heavy (non-hydrogen) atoms. The number of ketones is 1. The Bertz CT molecular complexity index is 354. The molecule has 0 N–H and O–H groups in total. The molecule has 70 valence electrons. The van der Waals surface area contributed by atoms with Crippen LogP contribution in [-0.2, 0) is 0 Å². The highest BCUT2D eigenvalue weighted by Crippen LogP contribution is 2.30. The van der Waals surface area contributed by atoms with Gasteiger partial charge in [-0.15, -0.1) is 0 Å². The van der Waals surface area contributed by atoms with Gasteiger partial charge in [0, 0.05) is 3.57 Å². The molecule has 0 aliphatic heterocycles. The van der Waals surface area contributed by atoms with Crippen molar-refractivity contribution in [2.75, 3.05) is 5.33 Å². The molecule has 0 spiro atoms. The van der Waals surface area contributed by atoms with Crippen molar-refractivity contribution in [1.29, 1.82) is 0 Å². The molecule has 0 atom stereocenters. The maximum Gasteiger partial charge on any atom is 0.175 e. The SMILES string of the molecule is O=C(CBr)c1c(I)ccc(Cl)c1Cl. The van der Waals surface area contributed by atoms with Crippen LogP contribution in [0, 0.1) is 3.57 Å². The van der Waals surface area contributed by atoms with Crippen molar-refractivity contribution in [3.05, 3.63) is 31.3 Å². The molecule has 5 heteroatoms. The van der Waals surface area contributed by atoms with Gasteiger partial charge in [0.1, 0.15) is 0 Å². The van der Waals surface area contributed by atoms with E-state index < -0.39 is 0 Å². The quantitative estimate of drug-likeness (QED) is 0.319. The molecule has 0 aliphatic rings. The maximum atomic E-state index is 11.4. The van der Waals surface area contributed by atoms with Crippen LogP contribution in [0.2, 0.25) is 10.0 Å². The summed E-state index contributed by atoms with van der Waals surface area (Å²) < 4.78 is 0.816. The second-order valence-electron chi connectivity index (χ2n) is 2.27. The van der Waals surface area contributed by atoms with E-state index >= 15 is 0 Å². The molecule has 0 heterocycles. The van der Waals surface area contributed by atoms with Crippen molar-refractivity contribution >= 4 is 67.5 Å². The lowest BCUT2D eigenvalue weighted by atomic mass is 10.1. The van der Waals surface area contributed by atoms with E-state index in [-0.39, 0.29) is 11.1 Å². The van der Waals surface area contributed by atoms with Gasteiger partial charge in [0.25, 0.3) is 0 Å². The lowest BCUT2D eigenvalue weighted by molar-refractivity contribution is 0.102. The minimum Gasteiger partial charge on any atom is -0.293 e. The molecule has 1 aromatic rings. The van der Waals surface area contributed by atoms with E-state index in [1.54, 1.807) is 12.1 Å². The molecule has 1 aromatic carbocycles. The largest absolute Gasteiger partial charge is 0.293 e. The number of benzene rings is 1. The van der Waals surface area contributed by atoms with Crippen LogP contribution in [0.15, 0.2) is 12.1 Å². The highest BCUT2D eigenvalue weighted by atomic mass is 127. The van der Waals surface area contributed by atoms with Crippen LogP contribution in [0.1, 0.15) is 10.4 Å². The minimum atomic E-state index is -0.0584. The fraction of sp³-hybridized carbons (Fsp3) is 0.125. The summed E-state index contributed by atoms with van der Waals surface area (Å²) in [6.07, 6.45) is 0. The van der Waals surface area contributed by atoms with Gasteiger partial charge in [-0.3, -0.25) is 4.79 Å². The van der Waals surface area contributed by atoms with E-state index in [0.717, 1.165) is 3.57 Å². The van der Waals surface area contributed by atoms with Crippen molar-refractivity contribution in [3.8, 4) is 0 Å². The molecule has 0 aliphatic carbocycles. The Morgan fingerprint density at radius 2 is 2.08 bits per heavy atom. The summed E-state index contributed by atoms with van der Waals surface area (Å²) in [6.45, 7) is 0. The number of halogens is 4. The third kappa shape index (κ3) is 2.58.